The zero-order chi connectivity index (χ0) is 9.84. The average molecular weight is 175 g/mol. The van der Waals surface area contributed by atoms with Gasteiger partial charge in [-0.1, -0.05) is 6.58 Å². The van der Waals surface area contributed by atoms with Crippen LogP contribution in [0.25, 0.3) is 5.70 Å². The number of hydrogen-bond donors (Lipinski definition) is 1. The molecule has 0 saturated heterocycles. The van der Waals surface area contributed by atoms with Gasteiger partial charge in [-0.05, 0) is 12.1 Å². The van der Waals surface area contributed by atoms with E-state index in [1.807, 2.05) is 0 Å². The van der Waals surface area contributed by atoms with E-state index in [9.17, 15) is 4.79 Å². The van der Waals surface area contributed by atoms with Crippen molar-refractivity contribution in [2.75, 3.05) is 4.81 Å². The molecule has 0 aromatic carbocycles. The van der Waals surface area contributed by atoms with E-state index >= 15 is 0 Å². The van der Waals surface area contributed by atoms with Crippen molar-refractivity contribution in [3.8, 4) is 0 Å². The second kappa shape index (κ2) is 3.75. The first kappa shape index (κ1) is 9.31. The van der Waals surface area contributed by atoms with Gasteiger partial charge in [-0.25, -0.2) is 0 Å². The molecular formula is C8H10BN3O. The highest BCUT2D eigenvalue weighted by Gasteiger charge is 2.01. The van der Waals surface area contributed by atoms with E-state index < -0.39 is 0 Å². The van der Waals surface area contributed by atoms with Gasteiger partial charge >= 0.3 is 0 Å². The lowest BCUT2D eigenvalue weighted by atomic mass is 10.2. The van der Waals surface area contributed by atoms with Crippen LogP contribution in [-0.4, -0.2) is 19.4 Å². The average Bonchev–Trinajstić information content (AvgIpc) is 2.17. The summed E-state index contributed by atoms with van der Waals surface area (Å²) in [5.41, 5.74) is 7.18. The lowest BCUT2D eigenvalue weighted by Gasteiger charge is -2.11. The normalized spacial score (nSPS) is 9.23. The first-order chi connectivity index (χ1) is 6.15. The van der Waals surface area contributed by atoms with Crippen molar-refractivity contribution in [2.24, 2.45) is 5.73 Å². The minimum Gasteiger partial charge on any atom is -0.397 e. The molecule has 0 unspecified atom stereocenters. The van der Waals surface area contributed by atoms with Crippen molar-refractivity contribution in [3.05, 3.63) is 30.6 Å². The van der Waals surface area contributed by atoms with Gasteiger partial charge in [0.15, 0.2) is 0 Å². The Kier molecular flexibility index (Phi) is 2.69. The topological polar surface area (TPSA) is 59.2 Å². The monoisotopic (exact) mass is 175 g/mol. The maximum atomic E-state index is 10.4. The number of aromatic nitrogens is 1. The van der Waals surface area contributed by atoms with Crippen LogP contribution in [0.2, 0.25) is 0 Å². The van der Waals surface area contributed by atoms with E-state index in [1.165, 1.54) is 4.81 Å². The van der Waals surface area contributed by atoms with Crippen LogP contribution >= 0.6 is 0 Å². The Balaban J connectivity index is 3.04. The summed E-state index contributed by atoms with van der Waals surface area (Å²) in [7, 11) is 1.66. The molecule has 2 N–H and O–H groups in total. The highest BCUT2D eigenvalue weighted by molar-refractivity contribution is 6.26. The van der Waals surface area contributed by atoms with Crippen molar-refractivity contribution in [3.63, 3.8) is 0 Å². The third-order valence-electron chi connectivity index (χ3n) is 1.64. The van der Waals surface area contributed by atoms with Gasteiger partial charge in [0, 0.05) is 11.9 Å². The van der Waals surface area contributed by atoms with Crippen LogP contribution < -0.4 is 10.5 Å². The minimum atomic E-state index is 0.390. The van der Waals surface area contributed by atoms with Crippen molar-refractivity contribution < 1.29 is 4.79 Å². The fraction of sp³-hybridized carbons (Fsp3) is 0. The molecule has 1 rings (SSSR count). The van der Waals surface area contributed by atoms with E-state index in [0.29, 0.717) is 11.4 Å². The summed E-state index contributed by atoms with van der Waals surface area (Å²) in [6, 6.07) is 3.43. The van der Waals surface area contributed by atoms with Gasteiger partial charge in [0.1, 0.15) is 0 Å². The number of anilines is 1. The summed E-state index contributed by atoms with van der Waals surface area (Å²) in [4.78, 5) is 15.9. The Morgan fingerprint density at radius 3 is 3.00 bits per heavy atom. The summed E-state index contributed by atoms with van der Waals surface area (Å²) in [5.74, 6) is 0. The molecule has 4 nitrogen and oxygen atoms in total. The van der Waals surface area contributed by atoms with Crippen LogP contribution in [0.1, 0.15) is 5.69 Å². The molecule has 0 atom stereocenters. The standard InChI is InChI=1S/C8H10BN3O/c1-6(10)8-4-7(2-3-11-8)12(9)5-13/h2-5H,1,9-10H2. The molecule has 5 heteroatoms. The van der Waals surface area contributed by atoms with Crippen molar-refractivity contribution in [2.45, 2.75) is 0 Å². The number of amides is 1. The summed E-state index contributed by atoms with van der Waals surface area (Å²) in [6.07, 6.45) is 2.31. The second-order valence-corrected chi connectivity index (χ2v) is 2.64. The minimum absolute atomic E-state index is 0.390. The van der Waals surface area contributed by atoms with Gasteiger partial charge in [-0.15, -0.1) is 0 Å². The summed E-state index contributed by atoms with van der Waals surface area (Å²) < 4.78 is 0. The molecule has 0 saturated carbocycles. The Bertz CT molecular complexity index is 340. The maximum absolute atomic E-state index is 10.4. The van der Waals surface area contributed by atoms with Crippen LogP contribution in [-0.2, 0) is 4.79 Å². The Labute approximate surface area is 77.5 Å². The van der Waals surface area contributed by atoms with Gasteiger partial charge in [-0.3, -0.25) is 9.78 Å². The summed E-state index contributed by atoms with van der Waals surface area (Å²) in [6.45, 7) is 3.56. The highest BCUT2D eigenvalue weighted by atomic mass is 16.1. The Morgan fingerprint density at radius 2 is 2.46 bits per heavy atom. The van der Waals surface area contributed by atoms with Gasteiger partial charge in [-0.2, -0.15) is 0 Å². The Morgan fingerprint density at radius 1 is 1.77 bits per heavy atom. The SMILES string of the molecule is BN(C=O)c1ccnc(C(=C)N)c1. The molecule has 0 fully saturated rings. The van der Waals surface area contributed by atoms with Crippen LogP contribution in [0.3, 0.4) is 0 Å². The van der Waals surface area contributed by atoms with Crippen LogP contribution in [0, 0.1) is 0 Å². The predicted octanol–water partition coefficient (Wildman–Crippen LogP) is -0.478. The van der Waals surface area contributed by atoms with Crippen molar-refractivity contribution in [1.82, 2.24) is 4.98 Å². The van der Waals surface area contributed by atoms with Gasteiger partial charge in [0.25, 0.3) is 0 Å². The molecule has 0 bridgehead atoms. The molecule has 0 spiro atoms. The van der Waals surface area contributed by atoms with Gasteiger partial charge in [0.05, 0.1) is 11.4 Å². The van der Waals surface area contributed by atoms with Gasteiger partial charge < -0.3 is 10.5 Å². The number of nitrogens with two attached hydrogens (primary N) is 1. The molecule has 0 aliphatic carbocycles. The van der Waals surface area contributed by atoms with Gasteiger partial charge in [0.2, 0.25) is 14.4 Å². The molecule has 0 radical (unpaired) electrons. The summed E-state index contributed by atoms with van der Waals surface area (Å²) in [5, 5.41) is 0. The lowest BCUT2D eigenvalue weighted by Crippen LogP contribution is -2.16. The smallest absolute Gasteiger partial charge is 0.227 e. The third-order valence-corrected chi connectivity index (χ3v) is 1.64. The van der Waals surface area contributed by atoms with E-state index in [-0.39, 0.29) is 0 Å². The number of hydrogen-bond acceptors (Lipinski definition) is 3. The van der Waals surface area contributed by atoms with Crippen LogP contribution in [0.5, 0.6) is 0 Å². The van der Waals surface area contributed by atoms with Crippen LogP contribution in [0.15, 0.2) is 24.9 Å². The predicted molar refractivity (Wildman–Crippen MR) is 54.5 cm³/mol. The molecule has 0 aliphatic heterocycles. The van der Waals surface area contributed by atoms with E-state index in [1.54, 1.807) is 26.3 Å². The highest BCUT2D eigenvalue weighted by Crippen LogP contribution is 2.13. The number of rotatable bonds is 3. The second-order valence-electron chi connectivity index (χ2n) is 2.64. The van der Waals surface area contributed by atoms with Crippen molar-refractivity contribution >= 4 is 25.8 Å². The third kappa shape index (κ3) is 2.08. The fourth-order valence-electron chi connectivity index (χ4n) is 0.875. The maximum Gasteiger partial charge on any atom is 0.227 e. The number of carbonyl (C=O) groups excluding carboxylic acids is 1. The van der Waals surface area contributed by atoms with E-state index in [2.05, 4.69) is 11.6 Å². The quantitative estimate of drug-likeness (QED) is 0.498. The lowest BCUT2D eigenvalue weighted by molar-refractivity contribution is -0.106. The van der Waals surface area contributed by atoms with Crippen molar-refractivity contribution in [1.29, 1.82) is 0 Å². The number of carbonyl (C=O) groups is 1. The molecule has 1 heterocycles. The zero-order valence-electron chi connectivity index (χ0n) is 7.40. The molecule has 1 aromatic rings. The Hall–Kier alpha value is -1.78. The fourth-order valence-corrected chi connectivity index (χ4v) is 0.875. The molecule has 1 aromatic heterocycles. The number of nitrogens with zero attached hydrogens (tertiary/aromatic N) is 2. The zero-order valence-corrected chi connectivity index (χ0v) is 7.40. The largest absolute Gasteiger partial charge is 0.397 e. The molecule has 66 valence electrons. The van der Waals surface area contributed by atoms with E-state index in [0.717, 1.165) is 12.1 Å². The first-order valence-corrected chi connectivity index (χ1v) is 3.74. The first-order valence-electron chi connectivity index (χ1n) is 3.74. The molecule has 1 amide bonds. The van der Waals surface area contributed by atoms with Crippen LogP contribution in [0.4, 0.5) is 5.69 Å². The van der Waals surface area contributed by atoms with E-state index in [4.69, 9.17) is 5.73 Å². The molecule has 13 heavy (non-hydrogen) atoms. The number of pyridine rings is 1. The summed E-state index contributed by atoms with van der Waals surface area (Å²) >= 11 is 0. The molecule has 0 aliphatic rings. The molecular weight excluding hydrogens is 165 g/mol.